The van der Waals surface area contributed by atoms with Crippen LogP contribution in [-0.4, -0.2) is 11.7 Å². The van der Waals surface area contributed by atoms with Gasteiger partial charge in [-0.15, -0.1) is 11.8 Å². The van der Waals surface area contributed by atoms with E-state index in [0.717, 1.165) is 0 Å². The minimum absolute atomic E-state index is 0.218. The third-order valence-electron chi connectivity index (χ3n) is 1.55. The molecule has 15 heavy (non-hydrogen) atoms. The number of anilines is 1. The molecule has 0 aromatic heterocycles. The summed E-state index contributed by atoms with van der Waals surface area (Å²) in [7, 11) is 0. The Kier molecular flexibility index (Phi) is 4.13. The van der Waals surface area contributed by atoms with Gasteiger partial charge in [0.2, 0.25) is 5.91 Å². The van der Waals surface area contributed by atoms with Crippen LogP contribution in [-0.2, 0) is 4.79 Å². The molecule has 1 rings (SSSR count). The first-order chi connectivity index (χ1) is 7.13. The molecule has 3 nitrogen and oxygen atoms in total. The molecule has 0 radical (unpaired) electrons. The summed E-state index contributed by atoms with van der Waals surface area (Å²) < 4.78 is 12.9. The standard InChI is InChI=1S/C10H9FN2OS/c1-7(14)13-9-3-2-8(11)6-10(9)15-5-4-12/h2-3,6H,5H2,1H3,(H,13,14). The van der Waals surface area contributed by atoms with Crippen molar-refractivity contribution in [2.45, 2.75) is 11.8 Å². The smallest absolute Gasteiger partial charge is 0.221 e. The first-order valence-corrected chi connectivity index (χ1v) is 5.19. The van der Waals surface area contributed by atoms with E-state index in [0.29, 0.717) is 10.6 Å². The van der Waals surface area contributed by atoms with E-state index in [-0.39, 0.29) is 17.5 Å². The summed E-state index contributed by atoms with van der Waals surface area (Å²) >= 11 is 1.19. The summed E-state index contributed by atoms with van der Waals surface area (Å²) in [5.41, 5.74) is 0.532. The van der Waals surface area contributed by atoms with Crippen LogP contribution in [0.1, 0.15) is 6.92 Å². The molecule has 78 valence electrons. The molecule has 0 atom stereocenters. The number of rotatable bonds is 3. The van der Waals surface area contributed by atoms with Crippen molar-refractivity contribution >= 4 is 23.4 Å². The number of carbonyl (C=O) groups is 1. The predicted molar refractivity (Wildman–Crippen MR) is 57.0 cm³/mol. The zero-order chi connectivity index (χ0) is 11.3. The molecule has 1 aromatic rings. The van der Waals surface area contributed by atoms with Gasteiger partial charge < -0.3 is 5.32 Å². The Hall–Kier alpha value is -1.54. The third kappa shape index (κ3) is 3.60. The summed E-state index contributed by atoms with van der Waals surface area (Å²) in [4.78, 5) is 11.4. The van der Waals surface area contributed by atoms with E-state index in [1.54, 1.807) is 0 Å². The number of hydrogen-bond donors (Lipinski definition) is 1. The molecule has 0 unspecified atom stereocenters. The van der Waals surface area contributed by atoms with Crippen LogP contribution in [0.4, 0.5) is 10.1 Å². The Morgan fingerprint density at radius 1 is 1.67 bits per heavy atom. The van der Waals surface area contributed by atoms with E-state index in [1.165, 1.54) is 36.9 Å². The maximum atomic E-state index is 12.9. The van der Waals surface area contributed by atoms with Gasteiger partial charge in [0, 0.05) is 11.8 Å². The van der Waals surface area contributed by atoms with Gasteiger partial charge in [0.25, 0.3) is 0 Å². The van der Waals surface area contributed by atoms with Crippen LogP contribution in [0, 0.1) is 17.1 Å². The van der Waals surface area contributed by atoms with Crippen molar-refractivity contribution in [1.82, 2.24) is 0 Å². The van der Waals surface area contributed by atoms with Crippen LogP contribution in [0.5, 0.6) is 0 Å². The lowest BCUT2D eigenvalue weighted by atomic mass is 10.3. The number of halogens is 1. The van der Waals surface area contributed by atoms with Gasteiger partial charge in [0.1, 0.15) is 5.82 Å². The fraction of sp³-hybridized carbons (Fsp3) is 0.200. The van der Waals surface area contributed by atoms with Gasteiger partial charge in [-0.2, -0.15) is 5.26 Å². The number of nitriles is 1. The molecule has 0 saturated heterocycles. The number of hydrogen-bond acceptors (Lipinski definition) is 3. The molecule has 0 saturated carbocycles. The monoisotopic (exact) mass is 224 g/mol. The van der Waals surface area contributed by atoms with Gasteiger partial charge in [-0.3, -0.25) is 4.79 Å². The lowest BCUT2D eigenvalue weighted by Crippen LogP contribution is -2.06. The quantitative estimate of drug-likeness (QED) is 0.802. The molecule has 0 heterocycles. The van der Waals surface area contributed by atoms with Crippen molar-refractivity contribution in [2.24, 2.45) is 0 Å². The molecule has 0 aliphatic rings. The number of amides is 1. The van der Waals surface area contributed by atoms with Crippen molar-refractivity contribution in [2.75, 3.05) is 11.1 Å². The largest absolute Gasteiger partial charge is 0.325 e. The van der Waals surface area contributed by atoms with E-state index < -0.39 is 0 Å². The third-order valence-corrected chi connectivity index (χ3v) is 2.47. The zero-order valence-electron chi connectivity index (χ0n) is 8.08. The van der Waals surface area contributed by atoms with Crippen molar-refractivity contribution in [3.05, 3.63) is 24.0 Å². The van der Waals surface area contributed by atoms with Gasteiger partial charge in [-0.25, -0.2) is 4.39 Å². The van der Waals surface area contributed by atoms with Crippen LogP contribution in [0.25, 0.3) is 0 Å². The van der Waals surface area contributed by atoms with Crippen LogP contribution >= 0.6 is 11.8 Å². The SMILES string of the molecule is CC(=O)Nc1ccc(F)cc1SCC#N. The molecule has 0 bridgehead atoms. The Morgan fingerprint density at radius 2 is 2.40 bits per heavy atom. The first kappa shape index (κ1) is 11.5. The molecule has 0 aliphatic carbocycles. The number of nitrogens with zero attached hydrogens (tertiary/aromatic N) is 1. The summed E-state index contributed by atoms with van der Waals surface area (Å²) in [6.45, 7) is 1.38. The van der Waals surface area contributed by atoms with Gasteiger partial charge >= 0.3 is 0 Å². The predicted octanol–water partition coefficient (Wildman–Crippen LogP) is 2.40. The highest BCUT2D eigenvalue weighted by atomic mass is 32.2. The van der Waals surface area contributed by atoms with Crippen molar-refractivity contribution in [3.8, 4) is 6.07 Å². The minimum Gasteiger partial charge on any atom is -0.325 e. The summed E-state index contributed by atoms with van der Waals surface area (Å²) in [6, 6.07) is 5.99. The normalized spacial score (nSPS) is 9.40. The molecular weight excluding hydrogens is 215 g/mol. The van der Waals surface area contributed by atoms with Crippen LogP contribution in [0.3, 0.4) is 0 Å². The number of nitrogens with one attached hydrogen (secondary N) is 1. The number of carbonyl (C=O) groups excluding carboxylic acids is 1. The molecule has 0 fully saturated rings. The average Bonchev–Trinajstić information content (AvgIpc) is 2.18. The fourth-order valence-electron chi connectivity index (χ4n) is 1.02. The molecular formula is C10H9FN2OS. The Labute approximate surface area is 91.3 Å². The highest BCUT2D eigenvalue weighted by Gasteiger charge is 2.05. The molecule has 5 heteroatoms. The minimum atomic E-state index is -0.385. The molecule has 1 amide bonds. The van der Waals surface area contributed by atoms with E-state index in [1.807, 2.05) is 6.07 Å². The number of thioether (sulfide) groups is 1. The van der Waals surface area contributed by atoms with Crippen molar-refractivity contribution in [3.63, 3.8) is 0 Å². The van der Waals surface area contributed by atoms with Gasteiger partial charge in [-0.05, 0) is 18.2 Å². The molecule has 1 N–H and O–H groups in total. The van der Waals surface area contributed by atoms with Crippen molar-refractivity contribution in [1.29, 1.82) is 5.26 Å². The molecule has 1 aromatic carbocycles. The van der Waals surface area contributed by atoms with E-state index in [9.17, 15) is 9.18 Å². The highest BCUT2D eigenvalue weighted by molar-refractivity contribution is 7.99. The summed E-state index contributed by atoms with van der Waals surface area (Å²) in [5.74, 6) is -0.388. The van der Waals surface area contributed by atoms with Gasteiger partial charge in [0.05, 0.1) is 17.5 Å². The topological polar surface area (TPSA) is 52.9 Å². The zero-order valence-corrected chi connectivity index (χ0v) is 8.90. The van der Waals surface area contributed by atoms with E-state index >= 15 is 0 Å². The van der Waals surface area contributed by atoms with Gasteiger partial charge in [0.15, 0.2) is 0 Å². The Bertz CT molecular complexity index is 414. The van der Waals surface area contributed by atoms with Crippen LogP contribution < -0.4 is 5.32 Å². The second kappa shape index (κ2) is 5.37. The van der Waals surface area contributed by atoms with E-state index in [4.69, 9.17) is 5.26 Å². The van der Waals surface area contributed by atoms with Crippen LogP contribution in [0.2, 0.25) is 0 Å². The Balaban J connectivity index is 2.93. The lowest BCUT2D eigenvalue weighted by Gasteiger charge is -2.07. The molecule has 0 aliphatic heterocycles. The first-order valence-electron chi connectivity index (χ1n) is 4.20. The van der Waals surface area contributed by atoms with Crippen molar-refractivity contribution < 1.29 is 9.18 Å². The maximum absolute atomic E-state index is 12.9. The Morgan fingerprint density at radius 3 is 3.00 bits per heavy atom. The fourth-order valence-corrected chi connectivity index (χ4v) is 1.71. The van der Waals surface area contributed by atoms with Gasteiger partial charge in [-0.1, -0.05) is 0 Å². The maximum Gasteiger partial charge on any atom is 0.221 e. The summed E-state index contributed by atoms with van der Waals surface area (Å²) in [6.07, 6.45) is 0. The number of benzene rings is 1. The average molecular weight is 224 g/mol. The molecule has 0 spiro atoms. The van der Waals surface area contributed by atoms with Crippen LogP contribution in [0.15, 0.2) is 23.1 Å². The lowest BCUT2D eigenvalue weighted by molar-refractivity contribution is -0.114. The second-order valence-corrected chi connectivity index (χ2v) is 3.79. The summed E-state index contributed by atoms with van der Waals surface area (Å²) in [5, 5.41) is 11.0. The highest BCUT2D eigenvalue weighted by Crippen LogP contribution is 2.27. The van der Waals surface area contributed by atoms with E-state index in [2.05, 4.69) is 5.32 Å². The second-order valence-electron chi connectivity index (χ2n) is 2.77.